The van der Waals surface area contributed by atoms with Gasteiger partial charge in [0.15, 0.2) is 0 Å². The van der Waals surface area contributed by atoms with Crippen molar-refractivity contribution in [2.24, 2.45) is 5.73 Å². The summed E-state index contributed by atoms with van der Waals surface area (Å²) >= 11 is 2.22. The minimum Gasteiger partial charge on any atom is -0.337 e. The Bertz CT molecular complexity index is 400. The Morgan fingerprint density at radius 2 is 2.24 bits per heavy atom. The van der Waals surface area contributed by atoms with Crippen molar-refractivity contribution in [1.82, 2.24) is 4.90 Å². The van der Waals surface area contributed by atoms with E-state index >= 15 is 0 Å². The summed E-state index contributed by atoms with van der Waals surface area (Å²) in [5.41, 5.74) is 6.64. The molecule has 1 atom stereocenters. The molecule has 5 heteroatoms. The van der Waals surface area contributed by atoms with Crippen LogP contribution in [-0.2, 0) is 0 Å². The topological polar surface area (TPSA) is 46.3 Å². The molecule has 1 amide bonds. The molecule has 1 saturated heterocycles. The number of hydrogen-bond donors (Lipinski definition) is 1. The highest BCUT2D eigenvalue weighted by Gasteiger charge is 2.22. The van der Waals surface area contributed by atoms with E-state index in [0.717, 1.165) is 28.5 Å². The predicted molar refractivity (Wildman–Crippen MR) is 79.5 cm³/mol. The lowest BCUT2D eigenvalue weighted by Gasteiger charge is -2.30. The second-order valence-corrected chi connectivity index (χ2v) is 5.41. The summed E-state index contributed by atoms with van der Waals surface area (Å²) in [4.78, 5) is 14.0. The van der Waals surface area contributed by atoms with E-state index in [2.05, 4.69) is 22.6 Å². The highest BCUT2D eigenvalue weighted by molar-refractivity contribution is 14.1. The maximum Gasteiger partial charge on any atom is 0.253 e. The van der Waals surface area contributed by atoms with E-state index in [-0.39, 0.29) is 24.4 Å². The fourth-order valence-electron chi connectivity index (χ4n) is 2.00. The van der Waals surface area contributed by atoms with E-state index in [4.69, 9.17) is 5.73 Å². The van der Waals surface area contributed by atoms with Crippen LogP contribution in [0.4, 0.5) is 0 Å². The summed E-state index contributed by atoms with van der Waals surface area (Å²) in [5, 5.41) is 0. The summed E-state index contributed by atoms with van der Waals surface area (Å²) < 4.78 is 1.09. The molecular formula is C12H16ClIN2O. The normalized spacial score (nSPS) is 19.6. The van der Waals surface area contributed by atoms with Crippen molar-refractivity contribution in [3.63, 3.8) is 0 Å². The molecule has 1 aliphatic rings. The van der Waals surface area contributed by atoms with E-state index in [1.165, 1.54) is 0 Å². The van der Waals surface area contributed by atoms with Crippen molar-refractivity contribution >= 4 is 40.9 Å². The number of carbonyl (C=O) groups is 1. The summed E-state index contributed by atoms with van der Waals surface area (Å²) in [6, 6.07) is 7.83. The highest BCUT2D eigenvalue weighted by atomic mass is 127. The fraction of sp³-hybridized carbons (Fsp3) is 0.417. The van der Waals surface area contributed by atoms with Crippen LogP contribution in [0.1, 0.15) is 23.2 Å². The predicted octanol–water partition coefficient (Wildman–Crippen LogP) is 2.28. The van der Waals surface area contributed by atoms with Gasteiger partial charge in [0.25, 0.3) is 5.91 Å². The van der Waals surface area contributed by atoms with Crippen LogP contribution < -0.4 is 5.73 Å². The Balaban J connectivity index is 0.00000144. The average Bonchev–Trinajstić information content (AvgIpc) is 2.28. The zero-order chi connectivity index (χ0) is 11.5. The molecule has 0 saturated carbocycles. The van der Waals surface area contributed by atoms with Gasteiger partial charge in [-0.1, -0.05) is 6.07 Å². The first-order valence-electron chi connectivity index (χ1n) is 5.47. The van der Waals surface area contributed by atoms with Crippen LogP contribution >= 0.6 is 35.0 Å². The molecule has 1 aliphatic heterocycles. The third-order valence-electron chi connectivity index (χ3n) is 2.82. The van der Waals surface area contributed by atoms with Gasteiger partial charge in [-0.3, -0.25) is 4.79 Å². The first-order valence-corrected chi connectivity index (χ1v) is 6.55. The molecule has 0 spiro atoms. The first-order chi connectivity index (χ1) is 7.66. The largest absolute Gasteiger partial charge is 0.337 e. The number of carbonyl (C=O) groups excluding carboxylic acids is 1. The minimum atomic E-state index is 0. The van der Waals surface area contributed by atoms with Gasteiger partial charge in [-0.2, -0.15) is 0 Å². The standard InChI is InChI=1S/C12H15IN2O.ClH/c13-10-4-1-3-9(7-10)12(16)15-6-2-5-11(14)8-15;/h1,3-4,7,11H,2,5-6,8,14H2;1H. The molecule has 2 rings (SSSR count). The Labute approximate surface area is 121 Å². The Morgan fingerprint density at radius 1 is 1.47 bits per heavy atom. The molecule has 0 aromatic heterocycles. The molecule has 0 radical (unpaired) electrons. The Hall–Kier alpha value is -0.330. The zero-order valence-corrected chi connectivity index (χ0v) is 12.4. The van der Waals surface area contributed by atoms with Gasteiger partial charge in [-0.05, 0) is 53.6 Å². The van der Waals surface area contributed by atoms with Gasteiger partial charge in [-0.15, -0.1) is 12.4 Å². The van der Waals surface area contributed by atoms with E-state index in [1.54, 1.807) is 0 Å². The molecule has 94 valence electrons. The zero-order valence-electron chi connectivity index (χ0n) is 9.43. The Kier molecular flexibility index (Phi) is 5.69. The molecule has 2 N–H and O–H groups in total. The number of benzene rings is 1. The van der Waals surface area contributed by atoms with Crippen molar-refractivity contribution in [2.45, 2.75) is 18.9 Å². The fourth-order valence-corrected chi connectivity index (χ4v) is 2.54. The lowest BCUT2D eigenvalue weighted by atomic mass is 10.1. The minimum absolute atomic E-state index is 0. The number of likely N-dealkylation sites (tertiary alicyclic amines) is 1. The summed E-state index contributed by atoms with van der Waals surface area (Å²) in [6.07, 6.45) is 2.03. The molecule has 1 unspecified atom stereocenters. The van der Waals surface area contributed by atoms with Crippen LogP contribution in [0.5, 0.6) is 0 Å². The molecular weight excluding hydrogens is 351 g/mol. The van der Waals surface area contributed by atoms with Crippen molar-refractivity contribution in [3.8, 4) is 0 Å². The second kappa shape index (κ2) is 6.56. The number of hydrogen-bond acceptors (Lipinski definition) is 2. The summed E-state index contributed by atoms with van der Waals surface area (Å²) in [5.74, 6) is 0.105. The number of amides is 1. The molecule has 17 heavy (non-hydrogen) atoms. The lowest BCUT2D eigenvalue weighted by molar-refractivity contribution is 0.0709. The first kappa shape index (κ1) is 14.7. The van der Waals surface area contributed by atoms with Crippen LogP contribution in [0.2, 0.25) is 0 Å². The maximum atomic E-state index is 12.2. The lowest BCUT2D eigenvalue weighted by Crippen LogP contribution is -2.45. The third kappa shape index (κ3) is 3.82. The van der Waals surface area contributed by atoms with Crippen molar-refractivity contribution in [1.29, 1.82) is 0 Å². The third-order valence-corrected chi connectivity index (χ3v) is 3.49. The van der Waals surface area contributed by atoms with E-state index in [9.17, 15) is 4.79 Å². The van der Waals surface area contributed by atoms with Crippen LogP contribution in [0.3, 0.4) is 0 Å². The molecule has 1 fully saturated rings. The number of nitrogens with two attached hydrogens (primary N) is 1. The summed E-state index contributed by atoms with van der Waals surface area (Å²) in [6.45, 7) is 1.52. The molecule has 0 aliphatic carbocycles. The average molecular weight is 367 g/mol. The van der Waals surface area contributed by atoms with Crippen molar-refractivity contribution in [2.75, 3.05) is 13.1 Å². The molecule has 0 bridgehead atoms. The Morgan fingerprint density at radius 3 is 2.88 bits per heavy atom. The van der Waals surface area contributed by atoms with E-state index in [1.807, 2.05) is 29.2 Å². The van der Waals surface area contributed by atoms with E-state index in [0.29, 0.717) is 6.54 Å². The summed E-state index contributed by atoms with van der Waals surface area (Å²) in [7, 11) is 0. The maximum absolute atomic E-state index is 12.2. The van der Waals surface area contributed by atoms with Crippen molar-refractivity contribution in [3.05, 3.63) is 33.4 Å². The number of rotatable bonds is 1. The number of halogens is 2. The second-order valence-electron chi connectivity index (χ2n) is 4.16. The molecule has 1 heterocycles. The van der Waals surface area contributed by atoms with Gasteiger partial charge in [-0.25, -0.2) is 0 Å². The van der Waals surface area contributed by atoms with Gasteiger partial charge in [0.1, 0.15) is 0 Å². The number of nitrogens with zero attached hydrogens (tertiary/aromatic N) is 1. The smallest absolute Gasteiger partial charge is 0.253 e. The SMILES string of the molecule is Cl.NC1CCCN(C(=O)c2cccc(I)c2)C1. The number of piperidine rings is 1. The molecule has 3 nitrogen and oxygen atoms in total. The molecule has 1 aromatic carbocycles. The monoisotopic (exact) mass is 366 g/mol. The highest BCUT2D eigenvalue weighted by Crippen LogP contribution is 2.14. The molecule has 1 aromatic rings. The van der Waals surface area contributed by atoms with Crippen molar-refractivity contribution < 1.29 is 4.79 Å². The van der Waals surface area contributed by atoms with E-state index < -0.39 is 0 Å². The van der Waals surface area contributed by atoms with Gasteiger partial charge < -0.3 is 10.6 Å². The van der Waals surface area contributed by atoms with Crippen LogP contribution in [-0.4, -0.2) is 29.9 Å². The van der Waals surface area contributed by atoms with Gasteiger partial charge in [0.2, 0.25) is 0 Å². The van der Waals surface area contributed by atoms with Gasteiger partial charge >= 0.3 is 0 Å². The van der Waals surface area contributed by atoms with Gasteiger partial charge in [0, 0.05) is 28.3 Å². The van der Waals surface area contributed by atoms with Crippen LogP contribution in [0.25, 0.3) is 0 Å². The van der Waals surface area contributed by atoms with Crippen LogP contribution in [0.15, 0.2) is 24.3 Å². The quantitative estimate of drug-likeness (QED) is 0.775. The van der Waals surface area contributed by atoms with Crippen LogP contribution in [0, 0.1) is 3.57 Å². The van der Waals surface area contributed by atoms with Gasteiger partial charge in [0.05, 0.1) is 0 Å².